The van der Waals surface area contributed by atoms with E-state index in [-0.39, 0.29) is 5.91 Å². The van der Waals surface area contributed by atoms with Crippen LogP contribution in [0.5, 0.6) is 0 Å². The van der Waals surface area contributed by atoms with E-state index in [1.165, 1.54) is 23.1 Å². The molecule has 1 aliphatic rings. The molecule has 2 aromatic rings. The maximum absolute atomic E-state index is 12.5. The number of aliphatic imine (C=N–C) groups is 1. The molecule has 3 rings (SSSR count). The number of amidine groups is 1. The predicted molar refractivity (Wildman–Crippen MR) is 87.9 cm³/mol. The molecule has 0 spiro atoms. The predicted octanol–water partition coefficient (Wildman–Crippen LogP) is 3.23. The lowest BCUT2D eigenvalue weighted by Gasteiger charge is -2.11. The summed E-state index contributed by atoms with van der Waals surface area (Å²) in [5.74, 6) is 0.503. The van der Waals surface area contributed by atoms with Gasteiger partial charge in [-0.05, 0) is 30.8 Å². The van der Waals surface area contributed by atoms with Crippen molar-refractivity contribution in [2.45, 2.75) is 6.92 Å². The van der Waals surface area contributed by atoms with E-state index < -0.39 is 0 Å². The van der Waals surface area contributed by atoms with E-state index in [1.54, 1.807) is 35.4 Å². The monoisotopic (exact) mass is 332 g/mol. The van der Waals surface area contributed by atoms with Crippen LogP contribution in [0, 0.1) is 6.92 Å². The molecular formula is C14H12N4O2S2. The lowest BCUT2D eigenvalue weighted by molar-refractivity contribution is -0.121. The van der Waals surface area contributed by atoms with E-state index in [0.29, 0.717) is 27.5 Å². The zero-order chi connectivity index (χ0) is 15.5. The zero-order valence-electron chi connectivity index (χ0n) is 11.7. The second kappa shape index (κ2) is 6.29. The van der Waals surface area contributed by atoms with E-state index in [0.717, 1.165) is 5.01 Å². The molecule has 2 aromatic heterocycles. The molecule has 0 aromatic carbocycles. The van der Waals surface area contributed by atoms with Crippen molar-refractivity contribution < 1.29 is 9.21 Å². The maximum Gasteiger partial charge on any atom is 0.267 e. The summed E-state index contributed by atoms with van der Waals surface area (Å²) in [6.07, 6.45) is 4.93. The maximum atomic E-state index is 12.5. The van der Waals surface area contributed by atoms with Crippen LogP contribution in [-0.4, -0.2) is 32.7 Å². The van der Waals surface area contributed by atoms with Crippen molar-refractivity contribution in [1.82, 2.24) is 15.1 Å². The third-order valence-corrected chi connectivity index (χ3v) is 4.46. The molecule has 0 atom stereocenters. The number of thioether (sulfide) groups is 1. The molecular weight excluding hydrogens is 320 g/mol. The Hall–Kier alpha value is -2.19. The minimum atomic E-state index is -0.124. The Morgan fingerprint density at radius 3 is 3.00 bits per heavy atom. The van der Waals surface area contributed by atoms with Gasteiger partial charge in [-0.15, -0.1) is 16.8 Å². The van der Waals surface area contributed by atoms with E-state index in [9.17, 15) is 4.79 Å². The number of rotatable bonds is 4. The number of aryl methyl sites for hydroxylation is 1. The van der Waals surface area contributed by atoms with Crippen LogP contribution in [0.1, 0.15) is 10.8 Å². The van der Waals surface area contributed by atoms with Gasteiger partial charge in [-0.3, -0.25) is 9.69 Å². The van der Waals surface area contributed by atoms with Crippen LogP contribution >= 0.6 is 23.1 Å². The first-order valence-electron chi connectivity index (χ1n) is 6.42. The van der Waals surface area contributed by atoms with Crippen molar-refractivity contribution in [3.8, 4) is 0 Å². The molecule has 22 heavy (non-hydrogen) atoms. The van der Waals surface area contributed by atoms with Gasteiger partial charge in [0.15, 0.2) is 5.17 Å². The summed E-state index contributed by atoms with van der Waals surface area (Å²) in [4.78, 5) is 19.0. The Morgan fingerprint density at radius 2 is 2.36 bits per heavy atom. The highest BCUT2D eigenvalue weighted by molar-refractivity contribution is 8.18. The smallest absolute Gasteiger partial charge is 0.267 e. The average molecular weight is 332 g/mol. The molecule has 8 heteroatoms. The van der Waals surface area contributed by atoms with Crippen LogP contribution in [0.2, 0.25) is 0 Å². The minimum Gasteiger partial charge on any atom is -0.465 e. The zero-order valence-corrected chi connectivity index (χ0v) is 13.4. The molecule has 1 fully saturated rings. The molecule has 0 saturated carbocycles. The molecule has 0 unspecified atom stereocenters. The Labute approximate surface area is 135 Å². The third-order valence-electron chi connectivity index (χ3n) is 2.72. The molecule has 1 saturated heterocycles. The molecule has 0 bridgehead atoms. The summed E-state index contributed by atoms with van der Waals surface area (Å²) >= 11 is 2.67. The molecule has 1 amide bonds. The summed E-state index contributed by atoms with van der Waals surface area (Å²) in [5, 5.41) is 9.82. The summed E-state index contributed by atoms with van der Waals surface area (Å²) < 4.78 is 5.26. The van der Waals surface area contributed by atoms with E-state index in [2.05, 4.69) is 21.8 Å². The van der Waals surface area contributed by atoms with E-state index >= 15 is 0 Å². The lowest BCUT2D eigenvalue weighted by atomic mass is 10.3. The van der Waals surface area contributed by atoms with Crippen molar-refractivity contribution in [2.24, 2.45) is 4.99 Å². The normalized spacial score (nSPS) is 18.6. The molecule has 0 radical (unpaired) electrons. The van der Waals surface area contributed by atoms with Crippen LogP contribution in [0.4, 0.5) is 5.13 Å². The van der Waals surface area contributed by atoms with Crippen molar-refractivity contribution in [3.63, 3.8) is 0 Å². The first-order valence-corrected chi connectivity index (χ1v) is 8.05. The number of carbonyl (C=O) groups excluding carboxylic acids is 1. The summed E-state index contributed by atoms with van der Waals surface area (Å²) in [6.45, 7) is 5.93. The highest BCUT2D eigenvalue weighted by Crippen LogP contribution is 2.34. The van der Waals surface area contributed by atoms with Crippen molar-refractivity contribution in [1.29, 1.82) is 0 Å². The van der Waals surface area contributed by atoms with Gasteiger partial charge in [0.2, 0.25) is 5.13 Å². The number of hydrogen-bond acceptors (Lipinski definition) is 7. The fourth-order valence-corrected chi connectivity index (χ4v) is 3.38. The van der Waals surface area contributed by atoms with Gasteiger partial charge >= 0.3 is 0 Å². The first-order chi connectivity index (χ1) is 10.7. The number of nitrogens with zero attached hydrogens (tertiary/aromatic N) is 4. The number of furan rings is 1. The number of carbonyl (C=O) groups is 1. The van der Waals surface area contributed by atoms with Crippen molar-refractivity contribution >= 4 is 45.4 Å². The van der Waals surface area contributed by atoms with Crippen LogP contribution in [0.15, 0.2) is 45.4 Å². The average Bonchev–Trinajstić information content (AvgIpc) is 3.19. The quantitative estimate of drug-likeness (QED) is 0.635. The van der Waals surface area contributed by atoms with E-state index in [1.807, 2.05) is 6.92 Å². The summed E-state index contributed by atoms with van der Waals surface area (Å²) in [6, 6.07) is 3.57. The molecule has 0 N–H and O–H groups in total. The van der Waals surface area contributed by atoms with Gasteiger partial charge in [0, 0.05) is 12.6 Å². The van der Waals surface area contributed by atoms with Crippen LogP contribution in [0.3, 0.4) is 0 Å². The Morgan fingerprint density at radius 1 is 1.50 bits per heavy atom. The Kier molecular flexibility index (Phi) is 4.21. The number of hydrogen-bond donors (Lipinski definition) is 0. The standard InChI is InChI=1S/C14H12N4O2S2/c1-3-6-18-12(19)11(8-10-5-4-7-20-10)22-14(18)15-13-17-16-9(2)21-13/h3-5,7-8H,1,6H2,2H3/b11-8+,15-14+. The SMILES string of the molecule is C=CCN1C(=O)/C(=C\c2ccco2)S/C1=N/c1nnc(C)s1. The van der Waals surface area contributed by atoms with Crippen LogP contribution in [-0.2, 0) is 4.79 Å². The lowest BCUT2D eigenvalue weighted by Crippen LogP contribution is -2.29. The van der Waals surface area contributed by atoms with E-state index in [4.69, 9.17) is 4.42 Å². The van der Waals surface area contributed by atoms with Crippen molar-refractivity contribution in [3.05, 3.63) is 46.7 Å². The number of amides is 1. The largest absolute Gasteiger partial charge is 0.465 e. The van der Waals surface area contributed by atoms with Gasteiger partial charge < -0.3 is 4.42 Å². The molecule has 1 aliphatic heterocycles. The molecule has 3 heterocycles. The second-order valence-corrected chi connectivity index (χ2v) is 6.50. The first kappa shape index (κ1) is 14.7. The third kappa shape index (κ3) is 3.02. The van der Waals surface area contributed by atoms with Gasteiger partial charge in [0.1, 0.15) is 10.8 Å². The van der Waals surface area contributed by atoms with Crippen LogP contribution < -0.4 is 0 Å². The Bertz CT molecular complexity index is 762. The second-order valence-electron chi connectivity index (χ2n) is 4.33. The van der Waals surface area contributed by atoms with Crippen molar-refractivity contribution in [2.75, 3.05) is 6.54 Å². The van der Waals surface area contributed by atoms with Crippen LogP contribution in [0.25, 0.3) is 6.08 Å². The molecule has 112 valence electrons. The topological polar surface area (TPSA) is 71.6 Å². The fourth-order valence-electron chi connectivity index (χ4n) is 1.80. The summed E-state index contributed by atoms with van der Waals surface area (Å²) in [7, 11) is 0. The van der Waals surface area contributed by atoms with Gasteiger partial charge in [-0.1, -0.05) is 17.4 Å². The summed E-state index contributed by atoms with van der Waals surface area (Å²) in [5.41, 5.74) is 0. The van der Waals surface area contributed by atoms with Gasteiger partial charge in [-0.2, -0.15) is 4.99 Å². The van der Waals surface area contributed by atoms with Gasteiger partial charge in [-0.25, -0.2) is 0 Å². The fraction of sp³-hybridized carbons (Fsp3) is 0.143. The van der Waals surface area contributed by atoms with Gasteiger partial charge in [0.25, 0.3) is 5.91 Å². The Balaban J connectivity index is 1.93. The van der Waals surface area contributed by atoms with Gasteiger partial charge in [0.05, 0.1) is 11.2 Å². The molecule has 0 aliphatic carbocycles. The minimum absolute atomic E-state index is 0.124. The molecule has 6 nitrogen and oxygen atoms in total. The number of aromatic nitrogens is 2. The highest BCUT2D eigenvalue weighted by atomic mass is 32.2. The highest BCUT2D eigenvalue weighted by Gasteiger charge is 2.33.